The second-order valence-electron chi connectivity index (χ2n) is 6.95. The summed E-state index contributed by atoms with van der Waals surface area (Å²) in [5.74, 6) is 0.473. The number of nitrogens with one attached hydrogen (secondary N) is 1. The Balaban J connectivity index is 2.16. The van der Waals surface area contributed by atoms with Gasteiger partial charge in [0.15, 0.2) is 5.78 Å². The van der Waals surface area contributed by atoms with Gasteiger partial charge >= 0.3 is 0 Å². The first-order chi connectivity index (χ1) is 12.6. The smallest absolute Gasteiger partial charge is 0.220 e. The summed E-state index contributed by atoms with van der Waals surface area (Å²) in [7, 11) is 1.55. The van der Waals surface area contributed by atoms with E-state index in [2.05, 4.69) is 12.2 Å². The maximum Gasteiger partial charge on any atom is 0.220 e. The largest absolute Gasteiger partial charge is 0.496 e. The highest BCUT2D eigenvalue weighted by molar-refractivity contribution is 6.00. The molecule has 1 amide bonds. The van der Waals surface area contributed by atoms with Crippen LogP contribution in [0.25, 0.3) is 0 Å². The van der Waals surface area contributed by atoms with E-state index in [-0.39, 0.29) is 24.5 Å². The quantitative estimate of drug-likeness (QED) is 0.365. The van der Waals surface area contributed by atoms with E-state index < -0.39 is 0 Å². The van der Waals surface area contributed by atoms with E-state index in [1.807, 2.05) is 19.1 Å². The molecular formula is C22H35NO3. The molecule has 26 heavy (non-hydrogen) atoms. The number of carbonyl (C=O) groups is 2. The molecule has 0 aliphatic heterocycles. The summed E-state index contributed by atoms with van der Waals surface area (Å²) in [6.45, 7) is 4.87. The van der Waals surface area contributed by atoms with Gasteiger partial charge in [0, 0.05) is 19.4 Å². The number of benzene rings is 1. The van der Waals surface area contributed by atoms with Crippen LogP contribution in [0.3, 0.4) is 0 Å². The van der Waals surface area contributed by atoms with Crippen molar-refractivity contribution in [1.29, 1.82) is 0 Å². The van der Waals surface area contributed by atoms with Gasteiger partial charge in [-0.25, -0.2) is 0 Å². The Morgan fingerprint density at radius 2 is 1.62 bits per heavy atom. The van der Waals surface area contributed by atoms with Crippen molar-refractivity contribution in [2.24, 2.45) is 0 Å². The number of Topliss-reactive ketones (excluding diaryl/α,β-unsaturated/α-hetero) is 1. The minimum Gasteiger partial charge on any atom is -0.496 e. The highest BCUT2D eigenvalue weighted by Crippen LogP contribution is 2.21. The zero-order chi connectivity index (χ0) is 19.2. The summed E-state index contributed by atoms with van der Waals surface area (Å²) in [5, 5.41) is 2.92. The standard InChI is InChI=1S/C22H35NO3/c1-4-5-6-7-8-9-10-11-16-23-22(25)15-13-20(24)19-17-18(2)12-14-21(19)26-3/h12,14,17H,4-11,13,15-16H2,1-3H3,(H,23,25). The third kappa shape index (κ3) is 9.02. The number of rotatable bonds is 14. The van der Waals surface area contributed by atoms with E-state index in [0.29, 0.717) is 17.9 Å². The lowest BCUT2D eigenvalue weighted by molar-refractivity contribution is -0.121. The van der Waals surface area contributed by atoms with Gasteiger partial charge in [-0.05, 0) is 25.5 Å². The van der Waals surface area contributed by atoms with Crippen LogP contribution in [-0.2, 0) is 4.79 Å². The lowest BCUT2D eigenvalue weighted by Gasteiger charge is -2.09. The third-order valence-electron chi connectivity index (χ3n) is 4.59. The Hall–Kier alpha value is -1.84. The Morgan fingerprint density at radius 3 is 2.27 bits per heavy atom. The molecule has 0 atom stereocenters. The topological polar surface area (TPSA) is 55.4 Å². The minimum atomic E-state index is -0.0484. The van der Waals surface area contributed by atoms with E-state index in [4.69, 9.17) is 4.74 Å². The summed E-state index contributed by atoms with van der Waals surface area (Å²) in [4.78, 5) is 24.3. The molecule has 0 saturated carbocycles. The van der Waals surface area contributed by atoms with Gasteiger partial charge in [-0.15, -0.1) is 0 Å². The fourth-order valence-corrected chi connectivity index (χ4v) is 2.98. The number of carbonyl (C=O) groups excluding carboxylic acids is 2. The third-order valence-corrected chi connectivity index (χ3v) is 4.59. The van der Waals surface area contributed by atoms with Gasteiger partial charge < -0.3 is 10.1 Å². The van der Waals surface area contributed by atoms with Gasteiger partial charge in [-0.1, -0.05) is 63.5 Å². The SMILES string of the molecule is CCCCCCCCCCNC(=O)CCC(=O)c1cc(C)ccc1OC. The number of amides is 1. The summed E-state index contributed by atoms with van der Waals surface area (Å²) >= 11 is 0. The number of ether oxygens (including phenoxy) is 1. The maximum atomic E-state index is 12.3. The molecule has 0 spiro atoms. The van der Waals surface area contributed by atoms with E-state index in [1.165, 1.54) is 38.5 Å². The van der Waals surface area contributed by atoms with Gasteiger partial charge in [-0.2, -0.15) is 0 Å². The Kier molecular flexibility index (Phi) is 11.4. The zero-order valence-corrected chi connectivity index (χ0v) is 16.7. The van der Waals surface area contributed by atoms with Crippen molar-refractivity contribution in [3.8, 4) is 5.75 Å². The number of aryl methyl sites for hydroxylation is 1. The Labute approximate surface area is 158 Å². The fraction of sp³-hybridized carbons (Fsp3) is 0.636. The fourth-order valence-electron chi connectivity index (χ4n) is 2.98. The molecule has 1 aromatic rings. The second-order valence-corrected chi connectivity index (χ2v) is 6.95. The van der Waals surface area contributed by atoms with Gasteiger partial charge in [0.2, 0.25) is 5.91 Å². The van der Waals surface area contributed by atoms with Gasteiger partial charge in [0.25, 0.3) is 0 Å². The molecule has 1 rings (SSSR count). The molecule has 0 radical (unpaired) electrons. The molecular weight excluding hydrogens is 326 g/mol. The molecule has 0 aromatic heterocycles. The predicted octanol–water partition coefficient (Wildman–Crippen LogP) is 5.22. The van der Waals surface area contributed by atoms with Crippen molar-refractivity contribution < 1.29 is 14.3 Å². The van der Waals surface area contributed by atoms with Crippen LogP contribution in [0.1, 0.15) is 87.1 Å². The first-order valence-electron chi connectivity index (χ1n) is 10.0. The molecule has 0 aliphatic carbocycles. The van der Waals surface area contributed by atoms with Gasteiger partial charge in [0.1, 0.15) is 5.75 Å². The number of ketones is 1. The van der Waals surface area contributed by atoms with Crippen LogP contribution in [0.2, 0.25) is 0 Å². The van der Waals surface area contributed by atoms with Crippen molar-refractivity contribution in [3.63, 3.8) is 0 Å². The average molecular weight is 362 g/mol. The average Bonchev–Trinajstić information content (AvgIpc) is 2.64. The van der Waals surface area contributed by atoms with Crippen LogP contribution in [0.4, 0.5) is 0 Å². The lowest BCUT2D eigenvalue weighted by Crippen LogP contribution is -2.24. The second kappa shape index (κ2) is 13.4. The zero-order valence-electron chi connectivity index (χ0n) is 16.7. The molecule has 0 heterocycles. The van der Waals surface area contributed by atoms with E-state index >= 15 is 0 Å². The van der Waals surface area contributed by atoms with E-state index in [9.17, 15) is 9.59 Å². The van der Waals surface area contributed by atoms with Gasteiger partial charge in [0.05, 0.1) is 12.7 Å². The monoisotopic (exact) mass is 361 g/mol. The number of methoxy groups -OCH3 is 1. The van der Waals surface area contributed by atoms with Crippen LogP contribution in [0.15, 0.2) is 18.2 Å². The highest BCUT2D eigenvalue weighted by atomic mass is 16.5. The molecule has 0 fully saturated rings. The predicted molar refractivity (Wildman–Crippen MR) is 107 cm³/mol. The number of hydrogen-bond acceptors (Lipinski definition) is 3. The van der Waals surface area contributed by atoms with Gasteiger partial charge in [-0.3, -0.25) is 9.59 Å². The lowest BCUT2D eigenvalue weighted by atomic mass is 10.0. The molecule has 0 aliphatic rings. The molecule has 1 aromatic carbocycles. The van der Waals surface area contributed by atoms with E-state index in [1.54, 1.807) is 13.2 Å². The van der Waals surface area contributed by atoms with Crippen LogP contribution in [0, 0.1) is 6.92 Å². The molecule has 0 saturated heterocycles. The number of hydrogen-bond donors (Lipinski definition) is 1. The molecule has 1 N–H and O–H groups in total. The molecule has 4 nitrogen and oxygen atoms in total. The molecule has 0 unspecified atom stereocenters. The summed E-state index contributed by atoms with van der Waals surface area (Å²) in [6.07, 6.45) is 10.4. The van der Waals surface area contributed by atoms with Crippen LogP contribution >= 0.6 is 0 Å². The summed E-state index contributed by atoms with van der Waals surface area (Å²) in [5.41, 5.74) is 1.57. The minimum absolute atomic E-state index is 0.0482. The maximum absolute atomic E-state index is 12.3. The molecule has 0 bridgehead atoms. The molecule has 4 heteroatoms. The van der Waals surface area contributed by atoms with Crippen molar-refractivity contribution in [3.05, 3.63) is 29.3 Å². The van der Waals surface area contributed by atoms with E-state index in [0.717, 1.165) is 18.4 Å². The molecule has 146 valence electrons. The number of unbranched alkanes of at least 4 members (excludes halogenated alkanes) is 7. The van der Waals surface area contributed by atoms with Crippen molar-refractivity contribution in [2.75, 3.05) is 13.7 Å². The first kappa shape index (κ1) is 22.2. The Morgan fingerprint density at radius 1 is 0.962 bits per heavy atom. The van der Waals surface area contributed by atoms with Crippen LogP contribution in [0.5, 0.6) is 5.75 Å². The van der Waals surface area contributed by atoms with Crippen molar-refractivity contribution in [1.82, 2.24) is 5.32 Å². The van der Waals surface area contributed by atoms with Crippen LogP contribution in [-0.4, -0.2) is 25.3 Å². The first-order valence-corrected chi connectivity index (χ1v) is 10.0. The highest BCUT2D eigenvalue weighted by Gasteiger charge is 2.14. The van der Waals surface area contributed by atoms with Crippen molar-refractivity contribution >= 4 is 11.7 Å². The Bertz CT molecular complexity index is 554. The summed E-state index contributed by atoms with van der Waals surface area (Å²) < 4.78 is 5.24. The van der Waals surface area contributed by atoms with Crippen molar-refractivity contribution in [2.45, 2.75) is 78.1 Å². The van der Waals surface area contributed by atoms with Crippen LogP contribution < -0.4 is 10.1 Å². The summed E-state index contributed by atoms with van der Waals surface area (Å²) in [6, 6.07) is 5.52. The normalized spacial score (nSPS) is 10.6.